The smallest absolute Gasteiger partial charge is 0.336 e. The van der Waals surface area contributed by atoms with E-state index in [1.54, 1.807) is 0 Å². The summed E-state index contributed by atoms with van der Waals surface area (Å²) in [4.78, 5) is 11.7. The summed E-state index contributed by atoms with van der Waals surface area (Å²) in [6.07, 6.45) is 0.928. The number of aliphatic hydroxyl groups is 1. The SMILES string of the molecule is C=C(C(=O)OC(C)CC)C(O)CCc1ccccc1. The molecule has 19 heavy (non-hydrogen) atoms. The molecule has 0 bridgehead atoms. The number of aliphatic hydroxyl groups excluding tert-OH is 1. The molecule has 2 unspecified atom stereocenters. The van der Waals surface area contributed by atoms with E-state index in [1.165, 1.54) is 0 Å². The lowest BCUT2D eigenvalue weighted by molar-refractivity contribution is -0.144. The van der Waals surface area contributed by atoms with Gasteiger partial charge < -0.3 is 9.84 Å². The van der Waals surface area contributed by atoms with E-state index in [-0.39, 0.29) is 11.7 Å². The standard InChI is InChI=1S/C16H22O3/c1-4-12(2)19-16(18)13(3)15(17)11-10-14-8-6-5-7-9-14/h5-9,12,15,17H,3-4,10-11H2,1-2H3. The zero-order valence-corrected chi connectivity index (χ0v) is 11.6. The summed E-state index contributed by atoms with van der Waals surface area (Å²) in [6, 6.07) is 9.84. The third kappa shape index (κ3) is 5.26. The Balaban J connectivity index is 2.42. The monoisotopic (exact) mass is 262 g/mol. The van der Waals surface area contributed by atoms with E-state index >= 15 is 0 Å². The van der Waals surface area contributed by atoms with Crippen LogP contribution >= 0.6 is 0 Å². The Hall–Kier alpha value is -1.61. The predicted octanol–water partition coefficient (Wildman–Crippen LogP) is 2.88. The Morgan fingerprint density at radius 1 is 1.37 bits per heavy atom. The third-order valence-corrected chi connectivity index (χ3v) is 3.10. The summed E-state index contributed by atoms with van der Waals surface area (Å²) < 4.78 is 5.14. The predicted molar refractivity (Wildman–Crippen MR) is 75.8 cm³/mol. The molecule has 1 aromatic carbocycles. The molecule has 2 atom stereocenters. The molecule has 0 heterocycles. The molecule has 0 aromatic heterocycles. The minimum Gasteiger partial charge on any atom is -0.459 e. The van der Waals surface area contributed by atoms with Crippen LogP contribution in [0.1, 0.15) is 32.3 Å². The first-order valence-electron chi connectivity index (χ1n) is 6.66. The molecule has 1 N–H and O–H groups in total. The number of carbonyl (C=O) groups excluding carboxylic acids is 1. The molecule has 1 rings (SSSR count). The first-order valence-corrected chi connectivity index (χ1v) is 6.66. The maximum Gasteiger partial charge on any atom is 0.336 e. The molecular formula is C16H22O3. The highest BCUT2D eigenvalue weighted by Crippen LogP contribution is 2.12. The van der Waals surface area contributed by atoms with Crippen LogP contribution in [0.4, 0.5) is 0 Å². The van der Waals surface area contributed by atoms with Crippen molar-refractivity contribution in [3.05, 3.63) is 48.0 Å². The fourth-order valence-corrected chi connectivity index (χ4v) is 1.60. The van der Waals surface area contributed by atoms with Gasteiger partial charge in [0.1, 0.15) is 0 Å². The Bertz CT molecular complexity index is 411. The Morgan fingerprint density at radius 3 is 2.58 bits per heavy atom. The summed E-state index contributed by atoms with van der Waals surface area (Å²) >= 11 is 0. The summed E-state index contributed by atoms with van der Waals surface area (Å²) in [7, 11) is 0. The van der Waals surface area contributed by atoms with Crippen LogP contribution in [0.5, 0.6) is 0 Å². The lowest BCUT2D eigenvalue weighted by atomic mass is 10.0. The maximum absolute atomic E-state index is 11.7. The summed E-state index contributed by atoms with van der Waals surface area (Å²) in [5, 5.41) is 9.93. The van der Waals surface area contributed by atoms with E-state index in [1.807, 2.05) is 44.2 Å². The maximum atomic E-state index is 11.7. The van der Waals surface area contributed by atoms with Crippen molar-refractivity contribution in [2.75, 3.05) is 0 Å². The fraction of sp³-hybridized carbons (Fsp3) is 0.438. The van der Waals surface area contributed by atoms with E-state index < -0.39 is 12.1 Å². The molecular weight excluding hydrogens is 240 g/mol. The molecule has 0 aliphatic rings. The first-order chi connectivity index (χ1) is 9.04. The van der Waals surface area contributed by atoms with Crippen LogP contribution in [-0.2, 0) is 16.0 Å². The average molecular weight is 262 g/mol. The number of ether oxygens (including phenoxy) is 1. The van der Waals surface area contributed by atoms with E-state index in [0.29, 0.717) is 12.8 Å². The topological polar surface area (TPSA) is 46.5 Å². The van der Waals surface area contributed by atoms with Crippen molar-refractivity contribution < 1.29 is 14.6 Å². The lowest BCUT2D eigenvalue weighted by Gasteiger charge is -2.16. The highest BCUT2D eigenvalue weighted by molar-refractivity contribution is 5.88. The number of esters is 1. The Morgan fingerprint density at radius 2 is 2.00 bits per heavy atom. The van der Waals surface area contributed by atoms with Crippen LogP contribution < -0.4 is 0 Å². The molecule has 104 valence electrons. The van der Waals surface area contributed by atoms with Gasteiger partial charge in [0.15, 0.2) is 0 Å². The number of carbonyl (C=O) groups is 1. The van der Waals surface area contributed by atoms with Gasteiger partial charge in [-0.3, -0.25) is 0 Å². The van der Waals surface area contributed by atoms with Crippen LogP contribution in [-0.4, -0.2) is 23.3 Å². The molecule has 0 saturated carbocycles. The van der Waals surface area contributed by atoms with Crippen molar-refractivity contribution in [2.24, 2.45) is 0 Å². The largest absolute Gasteiger partial charge is 0.459 e. The zero-order valence-electron chi connectivity index (χ0n) is 11.6. The number of aryl methyl sites for hydroxylation is 1. The minimum absolute atomic E-state index is 0.135. The van der Waals surface area contributed by atoms with E-state index in [2.05, 4.69) is 6.58 Å². The number of hydrogen-bond acceptors (Lipinski definition) is 3. The highest BCUT2D eigenvalue weighted by atomic mass is 16.5. The van der Waals surface area contributed by atoms with Crippen LogP contribution in [0.25, 0.3) is 0 Å². The highest BCUT2D eigenvalue weighted by Gasteiger charge is 2.19. The molecule has 0 amide bonds. The summed E-state index contributed by atoms with van der Waals surface area (Å²) in [5.41, 5.74) is 1.26. The van der Waals surface area contributed by atoms with Crippen LogP contribution in [0.3, 0.4) is 0 Å². The van der Waals surface area contributed by atoms with Gasteiger partial charge in [0.05, 0.1) is 17.8 Å². The Kier molecular flexibility index (Phi) is 6.30. The fourth-order valence-electron chi connectivity index (χ4n) is 1.60. The van der Waals surface area contributed by atoms with Crippen molar-refractivity contribution >= 4 is 5.97 Å². The van der Waals surface area contributed by atoms with Crippen molar-refractivity contribution in [1.82, 2.24) is 0 Å². The van der Waals surface area contributed by atoms with Crippen molar-refractivity contribution in [3.63, 3.8) is 0 Å². The van der Waals surface area contributed by atoms with Gasteiger partial charge in [-0.2, -0.15) is 0 Å². The Labute approximate surface area is 114 Å². The van der Waals surface area contributed by atoms with Crippen molar-refractivity contribution in [1.29, 1.82) is 0 Å². The van der Waals surface area contributed by atoms with Crippen LogP contribution in [0, 0.1) is 0 Å². The second kappa shape index (κ2) is 7.74. The van der Waals surface area contributed by atoms with E-state index in [9.17, 15) is 9.90 Å². The van der Waals surface area contributed by atoms with Crippen molar-refractivity contribution in [3.8, 4) is 0 Å². The lowest BCUT2D eigenvalue weighted by Crippen LogP contribution is -2.23. The normalized spacial score (nSPS) is 13.6. The molecule has 1 aromatic rings. The molecule has 3 nitrogen and oxygen atoms in total. The second-order valence-electron chi connectivity index (χ2n) is 4.69. The first kappa shape index (κ1) is 15.4. The van der Waals surface area contributed by atoms with Gasteiger partial charge in [0.2, 0.25) is 0 Å². The van der Waals surface area contributed by atoms with E-state index in [0.717, 1.165) is 12.0 Å². The van der Waals surface area contributed by atoms with Gasteiger partial charge in [0.25, 0.3) is 0 Å². The summed E-state index contributed by atoms with van der Waals surface area (Å²) in [6.45, 7) is 7.39. The quantitative estimate of drug-likeness (QED) is 0.607. The van der Waals surface area contributed by atoms with Gasteiger partial charge >= 0.3 is 5.97 Å². The second-order valence-corrected chi connectivity index (χ2v) is 4.69. The van der Waals surface area contributed by atoms with Crippen molar-refractivity contribution in [2.45, 2.75) is 45.3 Å². The molecule has 0 radical (unpaired) electrons. The number of hydrogen-bond donors (Lipinski definition) is 1. The van der Waals surface area contributed by atoms with Gasteiger partial charge in [-0.05, 0) is 31.7 Å². The van der Waals surface area contributed by atoms with Crippen LogP contribution in [0.2, 0.25) is 0 Å². The van der Waals surface area contributed by atoms with Gasteiger partial charge in [-0.1, -0.05) is 43.8 Å². The molecule has 0 fully saturated rings. The number of rotatable bonds is 7. The third-order valence-electron chi connectivity index (χ3n) is 3.10. The molecule has 0 spiro atoms. The molecule has 3 heteroatoms. The number of benzene rings is 1. The van der Waals surface area contributed by atoms with Gasteiger partial charge in [0, 0.05) is 0 Å². The minimum atomic E-state index is -0.850. The van der Waals surface area contributed by atoms with Gasteiger partial charge in [-0.15, -0.1) is 0 Å². The average Bonchev–Trinajstić information content (AvgIpc) is 2.44. The van der Waals surface area contributed by atoms with E-state index in [4.69, 9.17) is 4.74 Å². The van der Waals surface area contributed by atoms with Crippen LogP contribution in [0.15, 0.2) is 42.5 Å². The molecule has 0 aliphatic heterocycles. The summed E-state index contributed by atoms with van der Waals surface area (Å²) in [5.74, 6) is -0.505. The van der Waals surface area contributed by atoms with Gasteiger partial charge in [-0.25, -0.2) is 4.79 Å². The zero-order chi connectivity index (χ0) is 14.3. The molecule has 0 aliphatic carbocycles. The molecule has 0 saturated heterocycles.